The number of urea groups is 1. The van der Waals surface area contributed by atoms with Crippen molar-refractivity contribution in [3.8, 4) is 0 Å². The zero-order chi connectivity index (χ0) is 14.5. The molecule has 0 unspecified atom stereocenters. The second kappa shape index (κ2) is 6.23. The van der Waals surface area contributed by atoms with Crippen LogP contribution in [0.2, 0.25) is 0 Å². The van der Waals surface area contributed by atoms with E-state index in [0.29, 0.717) is 5.69 Å². The first-order valence-corrected chi connectivity index (χ1v) is 6.67. The molecule has 0 radical (unpaired) electrons. The summed E-state index contributed by atoms with van der Waals surface area (Å²) in [5.41, 5.74) is 1.89. The van der Waals surface area contributed by atoms with Gasteiger partial charge in [-0.25, -0.2) is 4.79 Å². The lowest BCUT2D eigenvalue weighted by Gasteiger charge is -2.21. The monoisotopic (exact) mass is 272 g/mol. The van der Waals surface area contributed by atoms with E-state index in [9.17, 15) is 4.79 Å². The smallest absolute Gasteiger partial charge is 0.319 e. The van der Waals surface area contributed by atoms with Gasteiger partial charge in [0.25, 0.3) is 0 Å². The van der Waals surface area contributed by atoms with Crippen molar-refractivity contribution in [2.75, 3.05) is 5.32 Å². The zero-order valence-corrected chi connectivity index (χ0v) is 12.0. The summed E-state index contributed by atoms with van der Waals surface area (Å²) in [6.45, 7) is 4.10. The maximum Gasteiger partial charge on any atom is 0.319 e. The molecule has 0 saturated heterocycles. The predicted molar refractivity (Wildman–Crippen MR) is 79.7 cm³/mol. The van der Waals surface area contributed by atoms with Crippen LogP contribution in [-0.2, 0) is 7.05 Å². The number of hydrogen-bond donors (Lipinski definition) is 2. The highest BCUT2D eigenvalue weighted by molar-refractivity contribution is 5.89. The van der Waals surface area contributed by atoms with E-state index in [0.717, 1.165) is 0 Å². The van der Waals surface area contributed by atoms with Crippen LogP contribution in [0, 0.1) is 0 Å². The summed E-state index contributed by atoms with van der Waals surface area (Å²) >= 11 is 0. The lowest BCUT2D eigenvalue weighted by molar-refractivity contribution is 0.248. The van der Waals surface area contributed by atoms with Gasteiger partial charge in [-0.3, -0.25) is 4.68 Å². The second-order valence-corrected chi connectivity index (χ2v) is 4.99. The van der Waals surface area contributed by atoms with Crippen molar-refractivity contribution in [2.45, 2.75) is 25.8 Å². The predicted octanol–water partition coefficient (Wildman–Crippen LogP) is 2.73. The summed E-state index contributed by atoms with van der Waals surface area (Å²) in [6, 6.07) is 9.97. The van der Waals surface area contributed by atoms with Crippen LogP contribution >= 0.6 is 0 Å². The van der Waals surface area contributed by atoms with Crippen LogP contribution in [-0.4, -0.2) is 21.9 Å². The van der Waals surface area contributed by atoms with Gasteiger partial charge in [0.15, 0.2) is 0 Å². The number of rotatable bonds is 4. The summed E-state index contributed by atoms with van der Waals surface area (Å²) in [7, 11) is 1.81. The van der Waals surface area contributed by atoms with E-state index in [1.807, 2.05) is 32.2 Å². The average molecular weight is 272 g/mol. The molecule has 0 spiro atoms. The molecule has 20 heavy (non-hydrogen) atoms. The van der Waals surface area contributed by atoms with Gasteiger partial charge in [0, 0.05) is 25.2 Å². The van der Waals surface area contributed by atoms with E-state index in [1.165, 1.54) is 5.56 Å². The normalized spacial score (nSPS) is 13.6. The minimum absolute atomic E-state index is 0.0362. The van der Waals surface area contributed by atoms with Crippen molar-refractivity contribution in [3.63, 3.8) is 0 Å². The SMILES string of the molecule is C[C@@H](NC(=O)Nc1cnn(C)c1)[C@@H](C)c1ccccc1. The second-order valence-electron chi connectivity index (χ2n) is 4.99. The lowest BCUT2D eigenvalue weighted by atomic mass is 9.95. The van der Waals surface area contributed by atoms with Gasteiger partial charge in [0.1, 0.15) is 0 Å². The van der Waals surface area contributed by atoms with Crippen LogP contribution in [0.1, 0.15) is 25.3 Å². The number of aryl methyl sites for hydroxylation is 1. The van der Waals surface area contributed by atoms with Gasteiger partial charge in [-0.2, -0.15) is 5.10 Å². The fourth-order valence-electron chi connectivity index (χ4n) is 2.03. The summed E-state index contributed by atoms with van der Waals surface area (Å²) < 4.78 is 1.64. The molecule has 2 rings (SSSR count). The molecule has 0 aliphatic carbocycles. The first kappa shape index (κ1) is 14.1. The molecule has 2 amide bonds. The third-order valence-corrected chi connectivity index (χ3v) is 3.40. The van der Waals surface area contributed by atoms with Crippen LogP contribution in [0.5, 0.6) is 0 Å². The van der Waals surface area contributed by atoms with Crippen LogP contribution in [0.4, 0.5) is 10.5 Å². The van der Waals surface area contributed by atoms with Gasteiger partial charge in [0.05, 0.1) is 11.9 Å². The Labute approximate surface area is 119 Å². The highest BCUT2D eigenvalue weighted by Gasteiger charge is 2.16. The number of anilines is 1. The van der Waals surface area contributed by atoms with Gasteiger partial charge in [-0.1, -0.05) is 37.3 Å². The van der Waals surface area contributed by atoms with Gasteiger partial charge in [0.2, 0.25) is 0 Å². The molecule has 106 valence electrons. The number of carbonyl (C=O) groups excluding carboxylic acids is 1. The van der Waals surface area contributed by atoms with Crippen molar-refractivity contribution >= 4 is 11.7 Å². The quantitative estimate of drug-likeness (QED) is 0.899. The van der Waals surface area contributed by atoms with Crippen molar-refractivity contribution in [3.05, 3.63) is 48.3 Å². The fourth-order valence-corrected chi connectivity index (χ4v) is 2.03. The molecule has 0 bridgehead atoms. The standard InChI is InChI=1S/C15H20N4O/c1-11(13-7-5-4-6-8-13)12(2)17-15(20)18-14-9-16-19(3)10-14/h4-12H,1-3H3,(H2,17,18,20)/t11-,12-/m1/s1. The molecule has 2 aromatic rings. The van der Waals surface area contributed by atoms with E-state index in [4.69, 9.17) is 0 Å². The first-order valence-electron chi connectivity index (χ1n) is 6.67. The van der Waals surface area contributed by atoms with E-state index >= 15 is 0 Å². The minimum atomic E-state index is -0.215. The molecule has 1 heterocycles. The van der Waals surface area contributed by atoms with Crippen molar-refractivity contribution in [1.82, 2.24) is 15.1 Å². The molecule has 5 nitrogen and oxygen atoms in total. The molecule has 0 fully saturated rings. The number of nitrogens with one attached hydrogen (secondary N) is 2. The molecule has 0 saturated carbocycles. The summed E-state index contributed by atoms with van der Waals surface area (Å²) in [5.74, 6) is 0.246. The van der Waals surface area contributed by atoms with Gasteiger partial charge in [-0.05, 0) is 12.5 Å². The molecule has 2 atom stereocenters. The molecule has 0 aliphatic heterocycles. The Kier molecular flexibility index (Phi) is 4.40. The molecular formula is C15H20N4O. The van der Waals surface area contributed by atoms with E-state index in [2.05, 4.69) is 34.8 Å². The van der Waals surface area contributed by atoms with Crippen molar-refractivity contribution in [1.29, 1.82) is 0 Å². The van der Waals surface area contributed by atoms with Gasteiger partial charge >= 0.3 is 6.03 Å². The maximum atomic E-state index is 11.9. The topological polar surface area (TPSA) is 59.0 Å². The zero-order valence-electron chi connectivity index (χ0n) is 12.0. The third-order valence-electron chi connectivity index (χ3n) is 3.40. The van der Waals surface area contributed by atoms with Crippen LogP contribution in [0.3, 0.4) is 0 Å². The van der Waals surface area contributed by atoms with Gasteiger partial charge < -0.3 is 10.6 Å². The summed E-state index contributed by atoms with van der Waals surface area (Å²) in [4.78, 5) is 11.9. The lowest BCUT2D eigenvalue weighted by Crippen LogP contribution is -2.38. The Bertz CT molecular complexity index is 564. The van der Waals surface area contributed by atoms with Crippen LogP contribution < -0.4 is 10.6 Å². The highest BCUT2D eigenvalue weighted by atomic mass is 16.2. The number of carbonyl (C=O) groups is 1. The number of hydrogen-bond acceptors (Lipinski definition) is 2. The molecule has 0 aliphatic rings. The highest BCUT2D eigenvalue weighted by Crippen LogP contribution is 2.18. The van der Waals surface area contributed by atoms with E-state index in [1.54, 1.807) is 17.1 Å². The number of aromatic nitrogens is 2. The Balaban J connectivity index is 1.90. The largest absolute Gasteiger partial charge is 0.335 e. The number of amides is 2. The number of benzene rings is 1. The molecule has 1 aromatic heterocycles. The van der Waals surface area contributed by atoms with E-state index < -0.39 is 0 Å². The fraction of sp³-hybridized carbons (Fsp3) is 0.333. The Hall–Kier alpha value is -2.30. The molecule has 5 heteroatoms. The summed E-state index contributed by atoms with van der Waals surface area (Å²) in [6.07, 6.45) is 3.37. The Morgan fingerprint density at radius 3 is 2.55 bits per heavy atom. The molecular weight excluding hydrogens is 252 g/mol. The minimum Gasteiger partial charge on any atom is -0.335 e. The number of nitrogens with zero attached hydrogens (tertiary/aromatic N) is 2. The molecule has 2 N–H and O–H groups in total. The van der Waals surface area contributed by atoms with Crippen LogP contribution in [0.25, 0.3) is 0 Å². The van der Waals surface area contributed by atoms with E-state index in [-0.39, 0.29) is 18.0 Å². The average Bonchev–Trinajstić information content (AvgIpc) is 2.84. The summed E-state index contributed by atoms with van der Waals surface area (Å²) in [5, 5.41) is 9.72. The van der Waals surface area contributed by atoms with Crippen molar-refractivity contribution in [2.24, 2.45) is 7.05 Å². The Morgan fingerprint density at radius 1 is 1.25 bits per heavy atom. The maximum absolute atomic E-state index is 11.9. The van der Waals surface area contributed by atoms with Gasteiger partial charge in [-0.15, -0.1) is 0 Å². The van der Waals surface area contributed by atoms with Crippen LogP contribution in [0.15, 0.2) is 42.7 Å². The Morgan fingerprint density at radius 2 is 1.95 bits per heavy atom. The van der Waals surface area contributed by atoms with Crippen molar-refractivity contribution < 1.29 is 4.79 Å². The molecule has 1 aromatic carbocycles. The first-order chi connectivity index (χ1) is 9.56. The third kappa shape index (κ3) is 3.60.